The number of nitrogens with zero attached hydrogens (tertiary/aromatic N) is 4. The molecule has 9 nitrogen and oxygen atoms in total. The molecule has 3 aromatic rings. The van der Waals surface area contributed by atoms with Crippen LogP contribution in [0.5, 0.6) is 0 Å². The molecule has 0 bridgehead atoms. The number of hydrogen-bond acceptors (Lipinski definition) is 5. The van der Waals surface area contributed by atoms with Gasteiger partial charge in [-0.3, -0.25) is 9.59 Å². The van der Waals surface area contributed by atoms with Crippen LogP contribution in [0.25, 0.3) is 0 Å². The van der Waals surface area contributed by atoms with E-state index in [-0.39, 0.29) is 12.5 Å². The minimum atomic E-state index is -1.15. The van der Waals surface area contributed by atoms with E-state index < -0.39 is 17.9 Å². The van der Waals surface area contributed by atoms with E-state index in [1.165, 1.54) is 4.68 Å². The van der Waals surface area contributed by atoms with E-state index in [9.17, 15) is 19.5 Å². The van der Waals surface area contributed by atoms with Crippen molar-refractivity contribution in [3.05, 3.63) is 80.6 Å². The first-order chi connectivity index (χ1) is 17.7. The van der Waals surface area contributed by atoms with Crippen LogP contribution in [0.4, 0.5) is 0 Å². The van der Waals surface area contributed by atoms with E-state index in [1.807, 2.05) is 19.9 Å². The van der Waals surface area contributed by atoms with Gasteiger partial charge < -0.3 is 15.3 Å². The minimum Gasteiger partial charge on any atom is -0.480 e. The summed E-state index contributed by atoms with van der Waals surface area (Å²) in [6.07, 6.45) is 4.50. The van der Waals surface area contributed by atoms with Crippen molar-refractivity contribution in [1.82, 2.24) is 25.2 Å². The van der Waals surface area contributed by atoms with E-state index in [0.29, 0.717) is 41.6 Å². The van der Waals surface area contributed by atoms with Crippen molar-refractivity contribution in [2.75, 3.05) is 6.54 Å². The van der Waals surface area contributed by atoms with Crippen LogP contribution in [-0.4, -0.2) is 55.4 Å². The largest absolute Gasteiger partial charge is 0.480 e. The molecule has 1 fully saturated rings. The number of aromatic nitrogens is 3. The molecular weight excluding hydrogens is 494 g/mol. The summed E-state index contributed by atoms with van der Waals surface area (Å²) in [7, 11) is 0. The minimum absolute atomic E-state index is 0.00833. The van der Waals surface area contributed by atoms with Crippen LogP contribution in [0.15, 0.2) is 36.5 Å². The summed E-state index contributed by atoms with van der Waals surface area (Å²) in [5, 5.41) is 21.2. The first-order valence-electron chi connectivity index (χ1n) is 12.3. The van der Waals surface area contributed by atoms with Crippen LogP contribution in [0, 0.1) is 13.8 Å². The van der Waals surface area contributed by atoms with Crippen LogP contribution >= 0.6 is 11.6 Å². The zero-order chi connectivity index (χ0) is 26.3. The lowest BCUT2D eigenvalue weighted by atomic mass is 9.88. The van der Waals surface area contributed by atoms with Gasteiger partial charge in [-0.1, -0.05) is 22.9 Å². The monoisotopic (exact) mass is 521 g/mol. The fourth-order valence-electron chi connectivity index (χ4n) is 5.00. The van der Waals surface area contributed by atoms with Gasteiger partial charge in [-0.25, -0.2) is 9.48 Å². The Morgan fingerprint density at radius 2 is 1.92 bits per heavy atom. The maximum atomic E-state index is 13.3. The molecular formula is C27H28ClN5O4. The quantitative estimate of drug-likeness (QED) is 0.491. The highest BCUT2D eigenvalue weighted by Gasteiger charge is 2.30. The van der Waals surface area contributed by atoms with Crippen LogP contribution in [0.3, 0.4) is 0 Å². The highest BCUT2D eigenvalue weighted by Crippen LogP contribution is 2.38. The molecule has 2 aliphatic rings. The third-order valence-electron chi connectivity index (χ3n) is 7.12. The number of aliphatic carboxylic acids is 1. The van der Waals surface area contributed by atoms with Crippen molar-refractivity contribution < 1.29 is 19.5 Å². The van der Waals surface area contributed by atoms with Gasteiger partial charge in [0.25, 0.3) is 11.8 Å². The van der Waals surface area contributed by atoms with Crippen molar-refractivity contribution in [1.29, 1.82) is 0 Å². The van der Waals surface area contributed by atoms with Gasteiger partial charge in [0, 0.05) is 41.4 Å². The van der Waals surface area contributed by atoms with Gasteiger partial charge in [-0.2, -0.15) is 0 Å². The van der Waals surface area contributed by atoms with Gasteiger partial charge in [-0.15, -0.1) is 5.10 Å². The number of carbonyl (C=O) groups excluding carboxylic acids is 2. The predicted octanol–water partition coefficient (Wildman–Crippen LogP) is 3.51. The molecule has 0 saturated heterocycles. The second kappa shape index (κ2) is 9.97. The molecule has 1 aliphatic carbocycles. The molecule has 37 heavy (non-hydrogen) atoms. The predicted molar refractivity (Wildman–Crippen MR) is 137 cm³/mol. The maximum absolute atomic E-state index is 13.3. The smallest absolute Gasteiger partial charge is 0.328 e. The number of hydrogen-bond donors (Lipinski definition) is 2. The molecule has 0 radical (unpaired) electrons. The number of carbonyl (C=O) groups is 3. The molecule has 1 saturated carbocycles. The number of carboxylic acid groups (broad SMARTS) is 1. The van der Waals surface area contributed by atoms with Crippen molar-refractivity contribution >= 4 is 29.4 Å². The van der Waals surface area contributed by atoms with Crippen molar-refractivity contribution in [2.24, 2.45) is 0 Å². The highest BCUT2D eigenvalue weighted by atomic mass is 35.5. The lowest BCUT2D eigenvalue weighted by Crippen LogP contribution is -2.44. The molecule has 0 spiro atoms. The first-order valence-corrected chi connectivity index (χ1v) is 12.7. The maximum Gasteiger partial charge on any atom is 0.328 e. The molecule has 1 aliphatic heterocycles. The fraction of sp³-hybridized carbons (Fsp3) is 0.370. The Morgan fingerprint density at radius 3 is 2.59 bits per heavy atom. The van der Waals surface area contributed by atoms with E-state index in [1.54, 1.807) is 35.4 Å². The SMILES string of the molecule is Cc1cc2c(c(C)c1C(=O)N[C@@H](Cn1cc(C3CC3)nn1)C(=O)O)CCN(C(=O)c1ccc(Cl)cc1)C2. The first kappa shape index (κ1) is 25.0. The second-order valence-electron chi connectivity index (χ2n) is 9.82. The zero-order valence-electron chi connectivity index (χ0n) is 20.7. The number of halogens is 1. The van der Waals surface area contributed by atoms with E-state index in [4.69, 9.17) is 11.6 Å². The topological polar surface area (TPSA) is 117 Å². The molecule has 2 amide bonds. The Balaban J connectivity index is 1.32. The van der Waals surface area contributed by atoms with Crippen molar-refractivity contribution in [2.45, 2.75) is 58.2 Å². The summed E-state index contributed by atoms with van der Waals surface area (Å²) >= 11 is 5.95. The third kappa shape index (κ3) is 5.22. The average Bonchev–Trinajstić information content (AvgIpc) is 3.61. The van der Waals surface area contributed by atoms with E-state index in [2.05, 4.69) is 15.6 Å². The number of nitrogens with one attached hydrogen (secondary N) is 1. The number of rotatable bonds is 7. The Kier molecular flexibility index (Phi) is 6.72. The van der Waals surface area contributed by atoms with Crippen LogP contribution in [0.1, 0.15) is 67.4 Å². The lowest BCUT2D eigenvalue weighted by Gasteiger charge is -2.31. The molecule has 2 aromatic carbocycles. The Hall–Kier alpha value is -3.72. The van der Waals surface area contributed by atoms with Gasteiger partial charge >= 0.3 is 5.97 Å². The third-order valence-corrected chi connectivity index (χ3v) is 7.38. The number of aryl methyl sites for hydroxylation is 1. The van der Waals surface area contributed by atoms with Crippen LogP contribution in [0.2, 0.25) is 5.02 Å². The number of amides is 2. The summed E-state index contributed by atoms with van der Waals surface area (Å²) in [5.41, 5.74) is 5.47. The summed E-state index contributed by atoms with van der Waals surface area (Å²) in [4.78, 5) is 40.0. The zero-order valence-corrected chi connectivity index (χ0v) is 21.5. The highest BCUT2D eigenvalue weighted by molar-refractivity contribution is 6.30. The number of carboxylic acids is 1. The molecule has 192 valence electrons. The van der Waals surface area contributed by atoms with Crippen molar-refractivity contribution in [3.8, 4) is 0 Å². The number of fused-ring (bicyclic) bond motifs is 1. The summed E-state index contributed by atoms with van der Waals surface area (Å²) in [5.74, 6) is -1.24. The van der Waals surface area contributed by atoms with Gasteiger partial charge in [-0.05, 0) is 79.6 Å². The van der Waals surface area contributed by atoms with Crippen LogP contribution in [-0.2, 0) is 24.3 Å². The Bertz CT molecular complexity index is 1380. The molecule has 10 heteroatoms. The van der Waals surface area contributed by atoms with Crippen LogP contribution < -0.4 is 5.32 Å². The second-order valence-corrected chi connectivity index (χ2v) is 10.3. The molecule has 1 aromatic heterocycles. The van der Waals surface area contributed by atoms with Gasteiger partial charge in [0.1, 0.15) is 6.04 Å². The number of benzene rings is 2. The molecule has 2 heterocycles. The Morgan fingerprint density at radius 1 is 1.19 bits per heavy atom. The molecule has 2 N–H and O–H groups in total. The standard InChI is InChI=1S/C27H28ClN5O4/c1-15-11-19-12-32(26(35)18-5-7-20(28)8-6-18)10-9-21(19)16(2)24(15)25(34)29-23(27(36)37)14-33-13-22(30-31-33)17-3-4-17/h5-8,11,13,17,23H,3-4,9-10,12,14H2,1-2H3,(H,29,34)(H,36,37)/t23-/m0/s1. The normalized spacial score (nSPS) is 15.7. The van der Waals surface area contributed by atoms with Gasteiger partial charge in [0.2, 0.25) is 0 Å². The van der Waals surface area contributed by atoms with Crippen molar-refractivity contribution in [3.63, 3.8) is 0 Å². The van der Waals surface area contributed by atoms with E-state index in [0.717, 1.165) is 40.8 Å². The molecule has 1 atom stereocenters. The summed E-state index contributed by atoms with van der Waals surface area (Å²) in [6, 6.07) is 7.61. The Labute approximate surface area is 219 Å². The average molecular weight is 522 g/mol. The molecule has 5 rings (SSSR count). The van der Waals surface area contributed by atoms with Gasteiger partial charge in [0.15, 0.2) is 0 Å². The molecule has 0 unspecified atom stereocenters. The summed E-state index contributed by atoms with van der Waals surface area (Å²) < 4.78 is 1.48. The summed E-state index contributed by atoms with van der Waals surface area (Å²) in [6.45, 7) is 4.66. The van der Waals surface area contributed by atoms with E-state index >= 15 is 0 Å². The lowest BCUT2D eigenvalue weighted by molar-refractivity contribution is -0.139. The fourth-order valence-corrected chi connectivity index (χ4v) is 5.12. The van der Waals surface area contributed by atoms with Gasteiger partial charge in [0.05, 0.1) is 12.2 Å².